The molecule has 0 saturated heterocycles. The van der Waals surface area contributed by atoms with Gasteiger partial charge in [-0.05, 0) is 24.5 Å². The third-order valence-corrected chi connectivity index (χ3v) is 6.04. The summed E-state index contributed by atoms with van der Waals surface area (Å²) in [7, 11) is 3.08. The van der Waals surface area contributed by atoms with E-state index in [1.165, 1.54) is 12.0 Å². The highest BCUT2D eigenvalue weighted by atomic mass is 19.1. The highest BCUT2D eigenvalue weighted by molar-refractivity contribution is 5.97. The average molecular weight is 554 g/mol. The zero-order chi connectivity index (χ0) is 29.2. The Balaban J connectivity index is 1.94. The minimum Gasteiger partial charge on any atom is -0.858 e. The molecule has 11 heteroatoms. The lowest BCUT2D eigenvalue weighted by Crippen LogP contribution is -2.37. The summed E-state index contributed by atoms with van der Waals surface area (Å²) in [6.07, 6.45) is 4.51. The second-order valence-electron chi connectivity index (χ2n) is 9.03. The molecule has 3 aromatic rings. The van der Waals surface area contributed by atoms with Crippen LogP contribution in [0.15, 0.2) is 76.7 Å². The van der Waals surface area contributed by atoms with Crippen LogP contribution >= 0.6 is 0 Å². The Labute approximate surface area is 230 Å². The Morgan fingerprint density at radius 3 is 2.60 bits per heavy atom. The number of nitrogens with zero attached hydrogens (tertiary/aromatic N) is 2. The third kappa shape index (κ3) is 7.84. The van der Waals surface area contributed by atoms with Gasteiger partial charge in [0, 0.05) is 44.1 Å². The molecule has 1 aromatic heterocycles. The van der Waals surface area contributed by atoms with Crippen molar-refractivity contribution in [3.8, 4) is 5.75 Å². The lowest BCUT2D eigenvalue weighted by Gasteiger charge is -2.24. The largest absolute Gasteiger partial charge is 0.858 e. The second kappa shape index (κ2) is 14.2. The number of halogens is 2. The first-order chi connectivity index (χ1) is 19.1. The van der Waals surface area contributed by atoms with Crippen LogP contribution in [0.2, 0.25) is 0 Å². The number of nitrogens with two attached hydrogens (primary N) is 1. The van der Waals surface area contributed by atoms with Gasteiger partial charge in [0.15, 0.2) is 11.4 Å². The highest BCUT2D eigenvalue weighted by Gasteiger charge is 2.24. The third-order valence-electron chi connectivity index (χ3n) is 6.04. The number of rotatable bonds is 12. The van der Waals surface area contributed by atoms with E-state index in [0.29, 0.717) is 12.7 Å². The number of pyridine rings is 1. The Bertz CT molecular complexity index is 1430. The van der Waals surface area contributed by atoms with E-state index in [9.17, 15) is 23.5 Å². The predicted octanol–water partition coefficient (Wildman–Crippen LogP) is 2.53. The smallest absolute Gasteiger partial charge is 0.274 e. The fourth-order valence-corrected chi connectivity index (χ4v) is 3.63. The van der Waals surface area contributed by atoms with Crippen molar-refractivity contribution in [3.63, 3.8) is 0 Å². The number of likely N-dealkylation sites (N-methyl/N-ethyl adjacent to an activating group) is 1. The number of nitrogens with one attached hydrogen (secondary N) is 1. The van der Waals surface area contributed by atoms with Crippen molar-refractivity contribution < 1.29 is 28.2 Å². The number of amides is 1. The monoisotopic (exact) mass is 553 g/mol. The molecule has 212 valence electrons. The van der Waals surface area contributed by atoms with Crippen LogP contribution in [-0.4, -0.2) is 54.5 Å². The molecule has 0 bridgehead atoms. The molecule has 0 unspecified atom stereocenters. The van der Waals surface area contributed by atoms with Crippen LogP contribution in [0, 0.1) is 11.6 Å². The van der Waals surface area contributed by atoms with E-state index in [4.69, 9.17) is 15.2 Å². The number of ether oxygens (including phenoxy) is 2. The van der Waals surface area contributed by atoms with Crippen LogP contribution in [0.4, 0.5) is 8.78 Å². The molecular formula is C29H31F2N4O5-. The molecule has 0 radical (unpaired) electrons. The molecular weight excluding hydrogens is 522 g/mol. The van der Waals surface area contributed by atoms with Gasteiger partial charge in [-0.3, -0.25) is 14.6 Å². The molecule has 2 atom stereocenters. The summed E-state index contributed by atoms with van der Waals surface area (Å²) in [5.41, 5.74) is 5.21. The number of methoxy groups -OCH3 is 1. The molecule has 0 spiro atoms. The first-order valence-electron chi connectivity index (χ1n) is 12.4. The van der Waals surface area contributed by atoms with Gasteiger partial charge in [-0.15, -0.1) is 0 Å². The number of carbonyl (C=O) groups excluding carboxylic acids is 1. The SMILES string of the molecule is COC[C@@H](N)/C=C\[C@H](C)N(C)C(=O)c1[nH]cc(C([O-])=NCc2ccc(F)cc2F)c(=O)c1OCc1ccccc1. The van der Waals surface area contributed by atoms with Crippen molar-refractivity contribution in [2.75, 3.05) is 20.8 Å². The van der Waals surface area contributed by atoms with Gasteiger partial charge in [-0.1, -0.05) is 48.6 Å². The van der Waals surface area contributed by atoms with Crippen LogP contribution in [0.1, 0.15) is 34.1 Å². The molecule has 1 heterocycles. The fraction of sp³-hybridized carbons (Fsp3) is 0.276. The number of hydrogen-bond acceptors (Lipinski definition) is 7. The average Bonchev–Trinajstić information content (AvgIpc) is 2.94. The van der Waals surface area contributed by atoms with Crippen LogP contribution in [0.3, 0.4) is 0 Å². The van der Waals surface area contributed by atoms with Crippen molar-refractivity contribution in [3.05, 3.63) is 111 Å². The molecule has 1 amide bonds. The summed E-state index contributed by atoms with van der Waals surface area (Å²) >= 11 is 0. The van der Waals surface area contributed by atoms with Gasteiger partial charge < -0.3 is 30.2 Å². The lowest BCUT2D eigenvalue weighted by atomic mass is 10.1. The quantitative estimate of drug-likeness (QED) is 0.201. The Morgan fingerprint density at radius 1 is 1.20 bits per heavy atom. The van der Waals surface area contributed by atoms with Gasteiger partial charge in [-0.25, -0.2) is 8.78 Å². The maximum absolute atomic E-state index is 14.0. The minimum atomic E-state index is -0.953. The molecule has 3 rings (SSSR count). The normalized spacial score (nSPS) is 13.3. The molecule has 0 aliphatic rings. The van der Waals surface area contributed by atoms with E-state index in [1.54, 1.807) is 50.4 Å². The Hall–Kier alpha value is -4.35. The predicted molar refractivity (Wildman–Crippen MR) is 145 cm³/mol. The summed E-state index contributed by atoms with van der Waals surface area (Å²) in [6.45, 7) is 1.61. The maximum atomic E-state index is 14.0. The number of carbonyl (C=O) groups is 1. The molecule has 9 nitrogen and oxygen atoms in total. The summed E-state index contributed by atoms with van der Waals surface area (Å²) in [4.78, 5) is 34.7. The van der Waals surface area contributed by atoms with Crippen LogP contribution < -0.4 is 21.0 Å². The van der Waals surface area contributed by atoms with E-state index in [1.807, 2.05) is 6.07 Å². The topological polar surface area (TPSA) is 133 Å². The number of aliphatic imine (C=N–C) groups is 1. The van der Waals surface area contributed by atoms with E-state index < -0.39 is 47.0 Å². The molecule has 0 saturated carbocycles. The van der Waals surface area contributed by atoms with E-state index in [0.717, 1.165) is 23.9 Å². The Morgan fingerprint density at radius 2 is 1.93 bits per heavy atom. The molecule has 0 aliphatic carbocycles. The first-order valence-corrected chi connectivity index (χ1v) is 12.4. The van der Waals surface area contributed by atoms with Crippen molar-refractivity contribution >= 4 is 11.8 Å². The minimum absolute atomic E-state index is 0.0209. The fourth-order valence-electron chi connectivity index (χ4n) is 3.63. The first kappa shape index (κ1) is 30.2. The number of H-pyrrole nitrogens is 1. The zero-order valence-corrected chi connectivity index (χ0v) is 22.4. The van der Waals surface area contributed by atoms with E-state index in [2.05, 4.69) is 9.98 Å². The van der Waals surface area contributed by atoms with Gasteiger partial charge in [0.25, 0.3) is 5.91 Å². The molecule has 2 aromatic carbocycles. The Kier molecular flexibility index (Phi) is 10.7. The number of aromatic nitrogens is 1. The standard InChI is InChI=1S/C29H32F2N4O5/c1-18(9-12-22(32)17-39-3)35(2)29(38)25-27(40-16-19-7-5-4-6-8-19)26(36)23(15-33-25)28(37)34-14-20-10-11-21(30)13-24(20)31/h4-13,15,18,22H,14,16-17,32H2,1-3H3,(H,33,36)(H,34,37)/p-1/b12-9-/t18-,22-/m0/s1. The van der Waals surface area contributed by atoms with E-state index >= 15 is 0 Å². The number of benzene rings is 2. The van der Waals surface area contributed by atoms with E-state index in [-0.39, 0.29) is 29.7 Å². The zero-order valence-electron chi connectivity index (χ0n) is 22.4. The highest BCUT2D eigenvalue weighted by Crippen LogP contribution is 2.18. The van der Waals surface area contributed by atoms with Gasteiger partial charge in [0.05, 0.1) is 18.7 Å². The molecule has 0 aliphatic heterocycles. The van der Waals surface area contributed by atoms with Crippen LogP contribution in [0.5, 0.6) is 5.75 Å². The van der Waals surface area contributed by atoms with Crippen molar-refractivity contribution in [1.82, 2.24) is 9.88 Å². The van der Waals surface area contributed by atoms with Gasteiger partial charge >= 0.3 is 0 Å². The van der Waals surface area contributed by atoms with Crippen LogP contribution in [0.25, 0.3) is 0 Å². The van der Waals surface area contributed by atoms with Gasteiger partial charge in [0.1, 0.15) is 18.2 Å². The number of aromatic amines is 1. The van der Waals surface area contributed by atoms with Gasteiger partial charge in [-0.2, -0.15) is 0 Å². The summed E-state index contributed by atoms with van der Waals surface area (Å²) in [6, 6.07) is 11.1. The lowest BCUT2D eigenvalue weighted by molar-refractivity contribution is -0.213. The summed E-state index contributed by atoms with van der Waals surface area (Å²) in [5.74, 6) is -3.51. The van der Waals surface area contributed by atoms with Gasteiger partial charge in [0.2, 0.25) is 5.43 Å². The summed E-state index contributed by atoms with van der Waals surface area (Å²) < 4.78 is 37.9. The molecule has 0 fully saturated rings. The maximum Gasteiger partial charge on any atom is 0.274 e. The van der Waals surface area contributed by atoms with Crippen molar-refractivity contribution in [1.29, 1.82) is 0 Å². The number of hydrogen-bond donors (Lipinski definition) is 2. The molecule has 3 N–H and O–H groups in total. The van der Waals surface area contributed by atoms with Crippen molar-refractivity contribution in [2.24, 2.45) is 10.7 Å². The van der Waals surface area contributed by atoms with Crippen LogP contribution in [-0.2, 0) is 17.9 Å². The summed E-state index contributed by atoms with van der Waals surface area (Å²) in [5, 5.41) is 12.8. The molecule has 40 heavy (non-hydrogen) atoms. The van der Waals surface area contributed by atoms with Crippen molar-refractivity contribution in [2.45, 2.75) is 32.2 Å². The second-order valence-corrected chi connectivity index (χ2v) is 9.03.